The third kappa shape index (κ3) is 3.10. The first-order chi connectivity index (χ1) is 12.9. The molecule has 0 saturated carbocycles. The van der Waals surface area contributed by atoms with Crippen LogP contribution in [-0.4, -0.2) is 37.4 Å². The second kappa shape index (κ2) is 6.58. The van der Waals surface area contributed by atoms with Crippen LogP contribution in [0, 0.1) is 12.7 Å². The number of aromatic nitrogens is 4. The van der Waals surface area contributed by atoms with Crippen LogP contribution < -0.4 is 0 Å². The van der Waals surface area contributed by atoms with Gasteiger partial charge in [-0.2, -0.15) is 4.98 Å². The van der Waals surface area contributed by atoms with Crippen molar-refractivity contribution in [3.8, 4) is 11.3 Å². The van der Waals surface area contributed by atoms with Gasteiger partial charge in [-0.3, -0.25) is 9.20 Å². The standard InChI is InChI=1S/C18H16FN5O2S/c1-10(16-20-11(2)22-26-16)23(3)17(25)15-9-27-18-21-14(8-24(15)18)12-4-6-13(19)7-5-12/h4-10H,1-3H3/t10-/m1/s1. The van der Waals surface area contributed by atoms with Gasteiger partial charge >= 0.3 is 0 Å². The molecule has 0 bridgehead atoms. The molecule has 1 amide bonds. The summed E-state index contributed by atoms with van der Waals surface area (Å²) in [7, 11) is 1.69. The Hall–Kier alpha value is -3.07. The average Bonchev–Trinajstić information content (AvgIpc) is 3.36. The highest BCUT2D eigenvalue weighted by atomic mass is 32.1. The summed E-state index contributed by atoms with van der Waals surface area (Å²) in [6, 6.07) is 5.73. The molecule has 0 aliphatic carbocycles. The lowest BCUT2D eigenvalue weighted by atomic mass is 10.2. The molecule has 0 radical (unpaired) electrons. The molecule has 27 heavy (non-hydrogen) atoms. The molecule has 0 unspecified atom stereocenters. The molecule has 1 aromatic carbocycles. The van der Waals surface area contributed by atoms with E-state index in [2.05, 4.69) is 15.1 Å². The number of carbonyl (C=O) groups excluding carboxylic acids is 1. The fraction of sp³-hybridized carbons (Fsp3) is 0.222. The number of imidazole rings is 1. The molecule has 3 aromatic heterocycles. The molecule has 0 aliphatic rings. The maximum atomic E-state index is 13.1. The first-order valence-corrected chi connectivity index (χ1v) is 9.12. The SMILES string of the molecule is Cc1noc([C@@H](C)N(C)C(=O)c2csc3nc(-c4ccc(F)cc4)cn23)n1. The molecule has 3 heterocycles. The zero-order valence-corrected chi connectivity index (χ0v) is 15.7. The smallest absolute Gasteiger partial charge is 0.272 e. The van der Waals surface area contributed by atoms with Crippen LogP contribution in [0.3, 0.4) is 0 Å². The average molecular weight is 385 g/mol. The number of aryl methyl sites for hydroxylation is 1. The quantitative estimate of drug-likeness (QED) is 0.535. The summed E-state index contributed by atoms with van der Waals surface area (Å²) in [6.07, 6.45) is 1.78. The molecule has 4 rings (SSSR count). The minimum absolute atomic E-state index is 0.187. The van der Waals surface area contributed by atoms with E-state index in [1.807, 2.05) is 6.92 Å². The van der Waals surface area contributed by atoms with Crippen LogP contribution in [0.4, 0.5) is 4.39 Å². The lowest BCUT2D eigenvalue weighted by Gasteiger charge is -2.21. The number of carbonyl (C=O) groups is 1. The number of fused-ring (bicyclic) bond motifs is 1. The molecule has 1 atom stereocenters. The molecule has 0 fully saturated rings. The summed E-state index contributed by atoms with van der Waals surface area (Å²) in [5, 5.41) is 5.54. The zero-order chi connectivity index (χ0) is 19.1. The van der Waals surface area contributed by atoms with Crippen molar-refractivity contribution in [1.29, 1.82) is 0 Å². The molecule has 7 nitrogen and oxygen atoms in total. The van der Waals surface area contributed by atoms with Gasteiger partial charge in [-0.05, 0) is 38.1 Å². The van der Waals surface area contributed by atoms with Crippen molar-refractivity contribution in [2.24, 2.45) is 0 Å². The maximum Gasteiger partial charge on any atom is 0.272 e. The van der Waals surface area contributed by atoms with Crippen molar-refractivity contribution >= 4 is 22.2 Å². The summed E-state index contributed by atoms with van der Waals surface area (Å²) >= 11 is 1.37. The number of hydrogen-bond acceptors (Lipinski definition) is 6. The van der Waals surface area contributed by atoms with Gasteiger partial charge in [0.1, 0.15) is 17.6 Å². The number of rotatable bonds is 4. The number of halogens is 1. The van der Waals surface area contributed by atoms with E-state index in [1.54, 1.807) is 47.0 Å². The zero-order valence-electron chi connectivity index (χ0n) is 14.9. The fourth-order valence-corrected chi connectivity index (χ4v) is 3.55. The van der Waals surface area contributed by atoms with Crippen LogP contribution in [0.1, 0.15) is 35.2 Å². The minimum Gasteiger partial charge on any atom is -0.337 e. The Bertz CT molecular complexity index is 1110. The van der Waals surface area contributed by atoms with Gasteiger partial charge in [-0.25, -0.2) is 9.37 Å². The number of benzene rings is 1. The highest BCUT2D eigenvalue weighted by Gasteiger charge is 2.26. The van der Waals surface area contributed by atoms with Crippen LogP contribution in [0.25, 0.3) is 16.2 Å². The Labute approximate surface area is 158 Å². The van der Waals surface area contributed by atoms with E-state index in [1.165, 1.54) is 23.5 Å². The van der Waals surface area contributed by atoms with Gasteiger partial charge in [0.2, 0.25) is 5.89 Å². The predicted octanol–water partition coefficient (Wildman–Crippen LogP) is 3.73. The molecule has 0 N–H and O–H groups in total. The number of hydrogen-bond donors (Lipinski definition) is 0. The van der Waals surface area contributed by atoms with Crippen LogP contribution in [0.5, 0.6) is 0 Å². The third-order valence-electron chi connectivity index (χ3n) is 4.37. The molecule has 0 aliphatic heterocycles. The van der Waals surface area contributed by atoms with E-state index in [0.29, 0.717) is 28.1 Å². The van der Waals surface area contributed by atoms with E-state index in [-0.39, 0.29) is 17.8 Å². The van der Waals surface area contributed by atoms with Gasteiger partial charge in [-0.15, -0.1) is 11.3 Å². The second-order valence-electron chi connectivity index (χ2n) is 6.18. The summed E-state index contributed by atoms with van der Waals surface area (Å²) in [4.78, 5) is 23.9. The molecule has 0 spiro atoms. The molecular formula is C18H16FN5O2S. The van der Waals surface area contributed by atoms with Gasteiger partial charge in [0.05, 0.1) is 5.69 Å². The Balaban J connectivity index is 1.65. The molecule has 9 heteroatoms. The van der Waals surface area contributed by atoms with Crippen LogP contribution in [0.2, 0.25) is 0 Å². The Morgan fingerprint density at radius 3 is 2.70 bits per heavy atom. The van der Waals surface area contributed by atoms with E-state index in [0.717, 1.165) is 5.56 Å². The van der Waals surface area contributed by atoms with E-state index < -0.39 is 0 Å². The van der Waals surface area contributed by atoms with Crippen molar-refractivity contribution in [3.63, 3.8) is 0 Å². The first kappa shape index (κ1) is 17.3. The maximum absolute atomic E-state index is 13.1. The van der Waals surface area contributed by atoms with Crippen molar-refractivity contribution in [1.82, 2.24) is 24.4 Å². The van der Waals surface area contributed by atoms with E-state index in [4.69, 9.17) is 4.52 Å². The lowest BCUT2D eigenvalue weighted by Crippen LogP contribution is -2.30. The van der Waals surface area contributed by atoms with Crippen molar-refractivity contribution < 1.29 is 13.7 Å². The Morgan fingerprint density at radius 2 is 2.04 bits per heavy atom. The molecule has 0 saturated heterocycles. The van der Waals surface area contributed by atoms with Crippen molar-refractivity contribution in [2.45, 2.75) is 19.9 Å². The molecular weight excluding hydrogens is 369 g/mol. The van der Waals surface area contributed by atoms with E-state index in [9.17, 15) is 9.18 Å². The van der Waals surface area contributed by atoms with Crippen LogP contribution in [0.15, 0.2) is 40.4 Å². The molecule has 4 aromatic rings. The summed E-state index contributed by atoms with van der Waals surface area (Å²) in [6.45, 7) is 3.55. The predicted molar refractivity (Wildman–Crippen MR) is 98.0 cm³/mol. The topological polar surface area (TPSA) is 76.5 Å². The highest BCUT2D eigenvalue weighted by molar-refractivity contribution is 7.15. The number of amides is 1. The van der Waals surface area contributed by atoms with Crippen molar-refractivity contribution in [3.05, 3.63) is 59.1 Å². The largest absolute Gasteiger partial charge is 0.337 e. The monoisotopic (exact) mass is 385 g/mol. The summed E-state index contributed by atoms with van der Waals surface area (Å²) < 4.78 is 20.0. The highest BCUT2D eigenvalue weighted by Crippen LogP contribution is 2.26. The number of thiazole rings is 1. The number of nitrogens with zero attached hydrogens (tertiary/aromatic N) is 5. The third-order valence-corrected chi connectivity index (χ3v) is 5.21. The van der Waals surface area contributed by atoms with Crippen LogP contribution >= 0.6 is 11.3 Å². The molecule has 138 valence electrons. The van der Waals surface area contributed by atoms with E-state index >= 15 is 0 Å². The van der Waals surface area contributed by atoms with Crippen LogP contribution in [-0.2, 0) is 0 Å². The van der Waals surface area contributed by atoms with Gasteiger partial charge in [0, 0.05) is 24.2 Å². The normalized spacial score (nSPS) is 12.4. The summed E-state index contributed by atoms with van der Waals surface area (Å²) in [5.74, 6) is 0.414. The Kier molecular flexibility index (Phi) is 4.23. The Morgan fingerprint density at radius 1 is 1.30 bits per heavy atom. The second-order valence-corrected chi connectivity index (χ2v) is 7.01. The fourth-order valence-electron chi connectivity index (χ4n) is 2.70. The lowest BCUT2D eigenvalue weighted by molar-refractivity contribution is 0.0709. The van der Waals surface area contributed by atoms with Gasteiger partial charge in [0.25, 0.3) is 5.91 Å². The first-order valence-electron chi connectivity index (χ1n) is 8.24. The minimum atomic E-state index is -0.367. The van der Waals surface area contributed by atoms with Gasteiger partial charge in [-0.1, -0.05) is 5.16 Å². The van der Waals surface area contributed by atoms with Gasteiger partial charge < -0.3 is 9.42 Å². The van der Waals surface area contributed by atoms with Crippen molar-refractivity contribution in [2.75, 3.05) is 7.05 Å². The summed E-state index contributed by atoms with van der Waals surface area (Å²) in [5.41, 5.74) is 1.95. The van der Waals surface area contributed by atoms with Gasteiger partial charge in [0.15, 0.2) is 10.8 Å².